The van der Waals surface area contributed by atoms with E-state index in [1.54, 1.807) is 24.3 Å². The van der Waals surface area contributed by atoms with Crippen molar-refractivity contribution in [2.45, 2.75) is 26.8 Å². The SMILES string of the molecule is COP1(=O)N=C(c2c(O)c(-c3ccsc3)nn(CCC(C)C)c2=O)Nc2ccccc21. The maximum atomic E-state index is 13.4. The fraction of sp³-hybridized carbons (Fsp3) is 0.286. The van der Waals surface area contributed by atoms with E-state index >= 15 is 0 Å². The number of hydrogen-bond donors (Lipinski definition) is 2. The minimum absolute atomic E-state index is 0.00330. The lowest BCUT2D eigenvalue weighted by Gasteiger charge is -2.24. The molecule has 162 valence electrons. The van der Waals surface area contributed by atoms with Crippen molar-refractivity contribution in [2.24, 2.45) is 10.7 Å². The Morgan fingerprint density at radius 1 is 1.29 bits per heavy atom. The third-order valence-electron chi connectivity index (χ3n) is 5.02. The smallest absolute Gasteiger partial charge is 0.348 e. The number of benzene rings is 1. The van der Waals surface area contributed by atoms with Gasteiger partial charge in [-0.25, -0.2) is 4.68 Å². The molecule has 2 N–H and O–H groups in total. The first-order valence-electron chi connectivity index (χ1n) is 9.83. The monoisotopic (exact) mass is 458 g/mol. The molecule has 1 unspecified atom stereocenters. The summed E-state index contributed by atoms with van der Waals surface area (Å²) in [5.41, 5.74) is 0.889. The molecule has 4 rings (SSSR count). The zero-order valence-electron chi connectivity index (χ0n) is 17.4. The van der Waals surface area contributed by atoms with E-state index in [1.165, 1.54) is 23.1 Å². The van der Waals surface area contributed by atoms with Crippen LogP contribution in [0, 0.1) is 5.92 Å². The highest BCUT2D eigenvalue weighted by Gasteiger charge is 2.35. The number of rotatable bonds is 6. The van der Waals surface area contributed by atoms with Crippen LogP contribution in [0.5, 0.6) is 5.75 Å². The van der Waals surface area contributed by atoms with Crippen molar-refractivity contribution >= 4 is 35.7 Å². The number of nitrogens with one attached hydrogen (secondary N) is 1. The Bertz CT molecular complexity index is 1250. The summed E-state index contributed by atoms with van der Waals surface area (Å²) in [7, 11) is -2.31. The van der Waals surface area contributed by atoms with Crippen LogP contribution in [0.15, 0.2) is 50.6 Å². The Balaban J connectivity index is 1.94. The van der Waals surface area contributed by atoms with Crippen LogP contribution in [0.2, 0.25) is 0 Å². The highest BCUT2D eigenvalue weighted by atomic mass is 32.1. The number of aromatic nitrogens is 2. The van der Waals surface area contributed by atoms with Crippen LogP contribution < -0.4 is 16.2 Å². The Morgan fingerprint density at radius 3 is 2.74 bits per heavy atom. The summed E-state index contributed by atoms with van der Waals surface area (Å²) >= 11 is 1.46. The normalized spacial score (nSPS) is 17.9. The van der Waals surface area contributed by atoms with Crippen LogP contribution in [-0.2, 0) is 15.6 Å². The molecule has 1 aliphatic rings. The van der Waals surface area contributed by atoms with Gasteiger partial charge in [0.25, 0.3) is 5.56 Å². The van der Waals surface area contributed by atoms with E-state index in [-0.39, 0.29) is 22.8 Å². The summed E-state index contributed by atoms with van der Waals surface area (Å²) in [6, 6.07) is 8.73. The van der Waals surface area contributed by atoms with Crippen LogP contribution in [0.3, 0.4) is 0 Å². The summed E-state index contributed by atoms with van der Waals surface area (Å²) in [5.74, 6) is 0.0577. The molecule has 1 aromatic carbocycles. The number of amidine groups is 1. The Morgan fingerprint density at radius 2 is 2.06 bits per heavy atom. The highest BCUT2D eigenvalue weighted by molar-refractivity contribution is 7.66. The van der Waals surface area contributed by atoms with Gasteiger partial charge < -0.3 is 14.9 Å². The predicted octanol–water partition coefficient (Wildman–Crippen LogP) is 4.06. The van der Waals surface area contributed by atoms with E-state index in [0.29, 0.717) is 29.0 Å². The lowest BCUT2D eigenvalue weighted by atomic mass is 10.1. The number of fused-ring (bicyclic) bond motifs is 1. The minimum atomic E-state index is -3.62. The summed E-state index contributed by atoms with van der Waals surface area (Å²) < 4.78 is 24.3. The number of thiophene rings is 1. The van der Waals surface area contributed by atoms with Crippen molar-refractivity contribution in [1.82, 2.24) is 9.78 Å². The van der Waals surface area contributed by atoms with Gasteiger partial charge in [-0.2, -0.15) is 21.2 Å². The average molecular weight is 458 g/mol. The molecule has 1 aliphatic heterocycles. The van der Waals surface area contributed by atoms with Crippen molar-refractivity contribution in [3.05, 3.63) is 57.0 Å². The van der Waals surface area contributed by atoms with Crippen LogP contribution in [0.25, 0.3) is 11.3 Å². The van der Waals surface area contributed by atoms with Crippen molar-refractivity contribution in [3.8, 4) is 17.0 Å². The third-order valence-corrected chi connectivity index (χ3v) is 7.66. The van der Waals surface area contributed by atoms with E-state index in [1.807, 2.05) is 16.8 Å². The standard InChI is InChI=1S/C21H23N4O4PS/c1-13(2)8-10-25-21(27)17(19(26)18(23-25)14-9-11-31-12-14)20-22-15-6-4-5-7-16(15)30(28,24-20)29-3/h4-7,9,11-13,26H,8,10H2,1-3H3,(H,22,24,28). The van der Waals surface area contributed by atoms with E-state index < -0.39 is 13.1 Å². The van der Waals surface area contributed by atoms with Gasteiger partial charge in [0.2, 0.25) is 0 Å². The fourth-order valence-electron chi connectivity index (χ4n) is 3.32. The number of aryl methyl sites for hydroxylation is 1. The van der Waals surface area contributed by atoms with Crippen molar-refractivity contribution in [1.29, 1.82) is 0 Å². The molecule has 31 heavy (non-hydrogen) atoms. The Kier molecular flexibility index (Phi) is 5.83. The predicted molar refractivity (Wildman–Crippen MR) is 124 cm³/mol. The molecule has 0 fully saturated rings. The quantitative estimate of drug-likeness (QED) is 0.540. The second-order valence-corrected chi connectivity index (χ2v) is 10.5. The van der Waals surface area contributed by atoms with Crippen molar-refractivity contribution in [3.63, 3.8) is 0 Å². The number of para-hydroxylation sites is 1. The zero-order valence-corrected chi connectivity index (χ0v) is 19.1. The molecule has 0 saturated heterocycles. The van der Waals surface area contributed by atoms with Crippen LogP contribution in [0.4, 0.5) is 5.69 Å². The van der Waals surface area contributed by atoms with Gasteiger partial charge in [0.15, 0.2) is 11.6 Å². The number of nitrogens with zero attached hydrogens (tertiary/aromatic N) is 3. The van der Waals surface area contributed by atoms with E-state index in [4.69, 9.17) is 4.52 Å². The molecular formula is C21H23N4O4PS. The fourth-order valence-corrected chi connectivity index (χ4v) is 5.47. The van der Waals surface area contributed by atoms with Gasteiger partial charge >= 0.3 is 7.52 Å². The lowest BCUT2D eigenvalue weighted by Crippen LogP contribution is -2.35. The van der Waals surface area contributed by atoms with Gasteiger partial charge in [-0.15, -0.1) is 0 Å². The first kappa shape index (κ1) is 21.5. The molecule has 1 atom stereocenters. The van der Waals surface area contributed by atoms with Gasteiger partial charge in [-0.05, 0) is 35.9 Å². The highest BCUT2D eigenvalue weighted by Crippen LogP contribution is 2.51. The molecule has 2 aromatic heterocycles. The van der Waals surface area contributed by atoms with Crippen molar-refractivity contribution < 1.29 is 14.2 Å². The Hall–Kier alpha value is -2.74. The molecule has 0 aliphatic carbocycles. The van der Waals surface area contributed by atoms with Crippen molar-refractivity contribution in [2.75, 3.05) is 12.4 Å². The molecule has 10 heteroatoms. The van der Waals surface area contributed by atoms with Gasteiger partial charge in [0.1, 0.15) is 11.3 Å². The number of hydrogen-bond acceptors (Lipinski definition) is 7. The molecule has 0 bridgehead atoms. The first-order chi connectivity index (χ1) is 14.8. The largest absolute Gasteiger partial charge is 0.505 e. The van der Waals surface area contributed by atoms with E-state index in [9.17, 15) is 14.5 Å². The van der Waals surface area contributed by atoms with Gasteiger partial charge in [0, 0.05) is 24.6 Å². The summed E-state index contributed by atoms with van der Waals surface area (Å²) in [4.78, 5) is 13.3. The molecule has 0 saturated carbocycles. The number of anilines is 1. The van der Waals surface area contributed by atoms with E-state index in [2.05, 4.69) is 29.0 Å². The Labute approximate surface area is 183 Å². The molecule has 0 amide bonds. The maximum absolute atomic E-state index is 13.4. The average Bonchev–Trinajstić information content (AvgIpc) is 3.28. The maximum Gasteiger partial charge on any atom is 0.348 e. The van der Waals surface area contributed by atoms with E-state index in [0.717, 1.165) is 6.42 Å². The molecular weight excluding hydrogens is 435 g/mol. The van der Waals surface area contributed by atoms with Gasteiger partial charge in [-0.3, -0.25) is 9.36 Å². The second kappa shape index (κ2) is 8.42. The molecule has 3 heterocycles. The topological polar surface area (TPSA) is 106 Å². The molecule has 3 aromatic rings. The number of aromatic hydroxyl groups is 1. The second-order valence-electron chi connectivity index (χ2n) is 7.59. The molecule has 0 spiro atoms. The third kappa shape index (κ3) is 3.96. The van der Waals surface area contributed by atoms with Crippen LogP contribution in [0.1, 0.15) is 25.8 Å². The van der Waals surface area contributed by atoms with Crippen LogP contribution in [-0.4, -0.2) is 27.8 Å². The lowest BCUT2D eigenvalue weighted by molar-refractivity contribution is 0.404. The van der Waals surface area contributed by atoms with Gasteiger partial charge in [-0.1, -0.05) is 26.0 Å². The summed E-state index contributed by atoms with van der Waals surface area (Å²) in [5, 5.41) is 22.7. The first-order valence-corrected chi connectivity index (χ1v) is 12.4. The molecule has 8 nitrogen and oxygen atoms in total. The van der Waals surface area contributed by atoms with Crippen LogP contribution >= 0.6 is 18.9 Å². The molecule has 0 radical (unpaired) electrons. The summed E-state index contributed by atoms with van der Waals surface area (Å²) in [6.45, 7) is 4.50. The van der Waals surface area contributed by atoms with Gasteiger partial charge in [0.05, 0.1) is 11.0 Å². The summed E-state index contributed by atoms with van der Waals surface area (Å²) in [6.07, 6.45) is 0.736. The zero-order chi connectivity index (χ0) is 22.2. The minimum Gasteiger partial charge on any atom is -0.505 e.